The molecule has 4 rings (SSSR count). The van der Waals surface area contributed by atoms with E-state index in [9.17, 15) is 14.7 Å². The maximum atomic E-state index is 13.0. The van der Waals surface area contributed by atoms with Crippen LogP contribution in [0.2, 0.25) is 0 Å². The number of hydrogen-bond acceptors (Lipinski definition) is 4. The standard InChI is InChI=1S/C23H22BrNO4/c1-14-12-16(9-10-18(14)24)21(26)19-20(15-6-3-2-4-7-15)25(23(28)22(19)27)13-17-8-5-11-29-17/h2-4,6-7,9-10,12,17,20,26H,5,8,11,13H2,1H3/b21-19-. The Morgan fingerprint density at radius 3 is 2.62 bits per heavy atom. The van der Waals surface area contributed by atoms with E-state index in [0.717, 1.165) is 28.4 Å². The van der Waals surface area contributed by atoms with Crippen LogP contribution in [-0.2, 0) is 14.3 Å². The van der Waals surface area contributed by atoms with Gasteiger partial charge in [0.05, 0.1) is 17.7 Å². The molecule has 0 saturated carbocycles. The molecule has 2 aromatic rings. The van der Waals surface area contributed by atoms with Crippen LogP contribution in [-0.4, -0.2) is 41.0 Å². The Kier molecular flexibility index (Phi) is 5.56. The number of nitrogens with zero attached hydrogens (tertiary/aromatic N) is 1. The summed E-state index contributed by atoms with van der Waals surface area (Å²) in [7, 11) is 0. The number of hydrogen-bond donors (Lipinski definition) is 1. The van der Waals surface area contributed by atoms with Crippen LogP contribution in [0, 0.1) is 6.92 Å². The summed E-state index contributed by atoms with van der Waals surface area (Å²) in [6, 6.07) is 14.1. The average molecular weight is 456 g/mol. The molecule has 2 aliphatic rings. The number of halogens is 1. The number of likely N-dealkylation sites (tertiary alicyclic amines) is 1. The van der Waals surface area contributed by atoms with Crippen LogP contribution in [0.5, 0.6) is 0 Å². The van der Waals surface area contributed by atoms with Crippen LogP contribution in [0.25, 0.3) is 5.76 Å². The van der Waals surface area contributed by atoms with Crippen molar-refractivity contribution in [2.75, 3.05) is 13.2 Å². The lowest BCUT2D eigenvalue weighted by Gasteiger charge is -2.27. The minimum absolute atomic E-state index is 0.0885. The summed E-state index contributed by atoms with van der Waals surface area (Å²) >= 11 is 3.45. The number of aliphatic hydroxyl groups is 1. The molecule has 2 saturated heterocycles. The molecule has 2 unspecified atom stereocenters. The third-order valence-corrected chi connectivity index (χ3v) is 6.40. The minimum atomic E-state index is -0.657. The number of benzene rings is 2. The van der Waals surface area contributed by atoms with E-state index in [4.69, 9.17) is 4.74 Å². The number of rotatable bonds is 4. The first kappa shape index (κ1) is 19.9. The first-order chi connectivity index (χ1) is 14.0. The zero-order valence-corrected chi connectivity index (χ0v) is 17.7. The molecule has 2 fully saturated rings. The van der Waals surface area contributed by atoms with Gasteiger partial charge in [-0.2, -0.15) is 0 Å². The largest absolute Gasteiger partial charge is 0.507 e. The molecule has 6 heteroatoms. The highest BCUT2D eigenvalue weighted by Gasteiger charge is 2.46. The van der Waals surface area contributed by atoms with Gasteiger partial charge in [-0.25, -0.2) is 0 Å². The summed E-state index contributed by atoms with van der Waals surface area (Å²) in [5, 5.41) is 11.1. The van der Waals surface area contributed by atoms with Crippen molar-refractivity contribution in [3.8, 4) is 0 Å². The van der Waals surface area contributed by atoms with Gasteiger partial charge >= 0.3 is 0 Å². The molecule has 0 aromatic heterocycles. The second-order valence-electron chi connectivity index (χ2n) is 7.46. The molecule has 2 heterocycles. The summed E-state index contributed by atoms with van der Waals surface area (Å²) in [5.41, 5.74) is 2.36. The fourth-order valence-corrected chi connectivity index (χ4v) is 4.25. The number of ether oxygens (including phenoxy) is 1. The van der Waals surface area contributed by atoms with Crippen LogP contribution in [0.15, 0.2) is 58.6 Å². The maximum Gasteiger partial charge on any atom is 0.295 e. The summed E-state index contributed by atoms with van der Waals surface area (Å²) in [4.78, 5) is 27.4. The third-order valence-electron chi connectivity index (χ3n) is 5.51. The van der Waals surface area contributed by atoms with Gasteiger partial charge in [-0.3, -0.25) is 9.59 Å². The third kappa shape index (κ3) is 3.74. The van der Waals surface area contributed by atoms with Gasteiger partial charge in [0.25, 0.3) is 11.7 Å². The number of amides is 1. The normalized spacial score (nSPS) is 23.7. The van der Waals surface area contributed by atoms with Gasteiger partial charge < -0.3 is 14.7 Å². The van der Waals surface area contributed by atoms with E-state index in [1.165, 1.54) is 0 Å². The van der Waals surface area contributed by atoms with E-state index in [0.29, 0.717) is 18.7 Å². The molecule has 2 aromatic carbocycles. The van der Waals surface area contributed by atoms with Crippen LogP contribution < -0.4 is 0 Å². The Morgan fingerprint density at radius 1 is 1.21 bits per heavy atom. The van der Waals surface area contributed by atoms with Crippen molar-refractivity contribution >= 4 is 33.4 Å². The van der Waals surface area contributed by atoms with Gasteiger partial charge in [0.15, 0.2) is 0 Å². The predicted octanol–water partition coefficient (Wildman–Crippen LogP) is 4.36. The first-order valence-corrected chi connectivity index (χ1v) is 10.5. The molecule has 29 heavy (non-hydrogen) atoms. The van der Waals surface area contributed by atoms with Gasteiger partial charge in [-0.1, -0.05) is 52.3 Å². The molecule has 5 nitrogen and oxygen atoms in total. The molecular weight excluding hydrogens is 434 g/mol. The molecule has 150 valence electrons. The van der Waals surface area contributed by atoms with Crippen molar-refractivity contribution in [1.29, 1.82) is 0 Å². The second-order valence-corrected chi connectivity index (χ2v) is 8.32. The molecule has 0 bridgehead atoms. The summed E-state index contributed by atoms with van der Waals surface area (Å²) in [6.45, 7) is 2.91. The van der Waals surface area contributed by atoms with Gasteiger partial charge in [0, 0.05) is 23.2 Å². The molecule has 2 aliphatic heterocycles. The van der Waals surface area contributed by atoms with Crippen molar-refractivity contribution in [1.82, 2.24) is 4.90 Å². The zero-order valence-electron chi connectivity index (χ0n) is 16.1. The van der Waals surface area contributed by atoms with Crippen molar-refractivity contribution in [3.05, 3.63) is 75.3 Å². The van der Waals surface area contributed by atoms with Gasteiger partial charge in [-0.05, 0) is 43.0 Å². The van der Waals surface area contributed by atoms with Crippen molar-refractivity contribution < 1.29 is 19.4 Å². The van der Waals surface area contributed by atoms with Crippen LogP contribution in [0.1, 0.15) is 35.6 Å². The van der Waals surface area contributed by atoms with E-state index >= 15 is 0 Å². The molecule has 2 atom stereocenters. The van der Waals surface area contributed by atoms with E-state index in [-0.39, 0.29) is 17.4 Å². The highest BCUT2D eigenvalue weighted by atomic mass is 79.9. The molecule has 0 radical (unpaired) electrons. The monoisotopic (exact) mass is 455 g/mol. The lowest BCUT2D eigenvalue weighted by molar-refractivity contribution is -0.140. The SMILES string of the molecule is Cc1cc(/C(O)=C2/C(=O)C(=O)N(CC3CCCO3)C2c2ccccc2)ccc1Br. The zero-order chi connectivity index (χ0) is 20.5. The minimum Gasteiger partial charge on any atom is -0.507 e. The predicted molar refractivity (Wildman–Crippen MR) is 113 cm³/mol. The van der Waals surface area contributed by atoms with Crippen molar-refractivity contribution in [2.45, 2.75) is 31.9 Å². The molecular formula is C23H22BrNO4. The van der Waals surface area contributed by atoms with E-state index < -0.39 is 17.7 Å². The first-order valence-electron chi connectivity index (χ1n) is 9.69. The van der Waals surface area contributed by atoms with E-state index in [1.807, 2.05) is 43.3 Å². The number of ketones is 1. The lowest BCUT2D eigenvalue weighted by Crippen LogP contribution is -2.36. The quantitative estimate of drug-likeness (QED) is 0.422. The maximum absolute atomic E-state index is 13.0. The summed E-state index contributed by atoms with van der Waals surface area (Å²) in [5.74, 6) is -1.40. The highest BCUT2D eigenvalue weighted by molar-refractivity contribution is 9.10. The number of aryl methyl sites for hydroxylation is 1. The van der Waals surface area contributed by atoms with Crippen LogP contribution >= 0.6 is 15.9 Å². The smallest absolute Gasteiger partial charge is 0.295 e. The lowest BCUT2D eigenvalue weighted by atomic mass is 9.95. The topological polar surface area (TPSA) is 66.8 Å². The Hall–Kier alpha value is -2.44. The second kappa shape index (κ2) is 8.13. The van der Waals surface area contributed by atoms with Gasteiger partial charge in [0.1, 0.15) is 5.76 Å². The van der Waals surface area contributed by atoms with Gasteiger partial charge in [-0.15, -0.1) is 0 Å². The molecule has 1 amide bonds. The summed E-state index contributed by atoms with van der Waals surface area (Å²) < 4.78 is 6.61. The number of carbonyl (C=O) groups excluding carboxylic acids is 2. The van der Waals surface area contributed by atoms with Crippen molar-refractivity contribution in [2.24, 2.45) is 0 Å². The van der Waals surface area contributed by atoms with Crippen LogP contribution in [0.3, 0.4) is 0 Å². The average Bonchev–Trinajstić information content (AvgIpc) is 3.32. The molecule has 0 aliphatic carbocycles. The van der Waals surface area contributed by atoms with E-state index in [2.05, 4.69) is 15.9 Å². The van der Waals surface area contributed by atoms with E-state index in [1.54, 1.807) is 17.0 Å². The molecule has 1 N–H and O–H groups in total. The number of carbonyl (C=O) groups is 2. The number of aliphatic hydroxyl groups excluding tert-OH is 1. The number of Topliss-reactive ketones (excluding diaryl/α,β-unsaturated/α-hetero) is 1. The highest BCUT2D eigenvalue weighted by Crippen LogP contribution is 2.40. The Balaban J connectivity index is 1.82. The van der Waals surface area contributed by atoms with Crippen molar-refractivity contribution in [3.63, 3.8) is 0 Å². The Bertz CT molecular complexity index is 980. The molecule has 0 spiro atoms. The summed E-state index contributed by atoms with van der Waals surface area (Å²) in [6.07, 6.45) is 1.72. The Morgan fingerprint density at radius 2 is 1.97 bits per heavy atom. The fraction of sp³-hybridized carbons (Fsp3) is 0.304. The van der Waals surface area contributed by atoms with Gasteiger partial charge in [0.2, 0.25) is 0 Å². The fourth-order valence-electron chi connectivity index (χ4n) is 4.01. The van der Waals surface area contributed by atoms with Crippen LogP contribution in [0.4, 0.5) is 0 Å². The Labute approximate surface area is 178 Å².